The zero-order valence-corrected chi connectivity index (χ0v) is 13.1. The molecule has 1 atom stereocenters. The van der Waals surface area contributed by atoms with Crippen molar-refractivity contribution >= 4 is 11.8 Å². The van der Waals surface area contributed by atoms with Crippen LogP contribution in [0.15, 0.2) is 18.2 Å². The van der Waals surface area contributed by atoms with Crippen molar-refractivity contribution in [1.82, 2.24) is 10.2 Å². The van der Waals surface area contributed by atoms with E-state index in [4.69, 9.17) is 5.73 Å². The van der Waals surface area contributed by atoms with Crippen LogP contribution >= 0.6 is 0 Å². The molecule has 1 heterocycles. The number of β-amino-alcohol motifs (C(OH)–C–C–N with tert-alkyl or cyclic N) is 1. The Balaban J connectivity index is 1.84. The Morgan fingerprint density at radius 1 is 1.48 bits per heavy atom. The van der Waals surface area contributed by atoms with E-state index in [1.807, 2.05) is 0 Å². The highest BCUT2D eigenvalue weighted by Gasteiger charge is 2.38. The van der Waals surface area contributed by atoms with Crippen LogP contribution in [0.3, 0.4) is 0 Å². The molecular formula is C16H22FN3O3. The summed E-state index contributed by atoms with van der Waals surface area (Å²) in [7, 11) is 0. The highest BCUT2D eigenvalue weighted by atomic mass is 19.1. The number of likely N-dealkylation sites (tertiary alicyclic amines) is 1. The third kappa shape index (κ3) is 4.49. The number of hydrogen-bond acceptors (Lipinski definition) is 4. The molecule has 1 aromatic rings. The van der Waals surface area contributed by atoms with Gasteiger partial charge in [-0.05, 0) is 43.5 Å². The van der Waals surface area contributed by atoms with Gasteiger partial charge in [0.25, 0.3) is 5.91 Å². The molecule has 0 spiro atoms. The van der Waals surface area contributed by atoms with Crippen molar-refractivity contribution in [3.05, 3.63) is 35.1 Å². The number of halogens is 1. The monoisotopic (exact) mass is 323 g/mol. The molecule has 126 valence electrons. The summed E-state index contributed by atoms with van der Waals surface area (Å²) in [4.78, 5) is 25.0. The van der Waals surface area contributed by atoms with Crippen LogP contribution in [-0.2, 0) is 16.1 Å². The minimum absolute atomic E-state index is 0.0505. The maximum atomic E-state index is 13.4. The highest BCUT2D eigenvalue weighted by molar-refractivity contribution is 5.84. The molecular weight excluding hydrogens is 301 g/mol. The number of carbonyl (C=O) groups is 2. The first-order chi connectivity index (χ1) is 10.8. The molecule has 1 aromatic carbocycles. The molecule has 1 fully saturated rings. The molecule has 0 aromatic heterocycles. The summed E-state index contributed by atoms with van der Waals surface area (Å²) in [6.07, 6.45) is 0.902. The molecule has 1 aliphatic heterocycles. The topological polar surface area (TPSA) is 95.7 Å². The Bertz CT molecular complexity index is 608. The van der Waals surface area contributed by atoms with Gasteiger partial charge < -0.3 is 16.2 Å². The maximum absolute atomic E-state index is 13.4. The average molecular weight is 323 g/mol. The number of nitrogens with two attached hydrogens (primary N) is 1. The number of aryl methyl sites for hydroxylation is 1. The standard InChI is InChI=1S/C16H22FN3O3/c1-11-3-4-12(7-13(11)17)8-19-14(21)9-20-6-2-5-16(23,10-20)15(18)22/h3-4,7,23H,2,5-6,8-10H2,1H3,(H2,18,22)(H,19,21)/t16-/m0/s1. The Morgan fingerprint density at radius 2 is 2.22 bits per heavy atom. The van der Waals surface area contributed by atoms with Gasteiger partial charge in [-0.25, -0.2) is 4.39 Å². The van der Waals surface area contributed by atoms with Crippen LogP contribution < -0.4 is 11.1 Å². The number of nitrogens with zero attached hydrogens (tertiary/aromatic N) is 1. The highest BCUT2D eigenvalue weighted by Crippen LogP contribution is 2.20. The number of benzene rings is 1. The maximum Gasteiger partial charge on any atom is 0.250 e. The summed E-state index contributed by atoms with van der Waals surface area (Å²) < 4.78 is 13.4. The van der Waals surface area contributed by atoms with E-state index in [1.165, 1.54) is 6.07 Å². The normalized spacial score (nSPS) is 21.9. The Morgan fingerprint density at radius 3 is 2.87 bits per heavy atom. The lowest BCUT2D eigenvalue weighted by atomic mass is 9.92. The van der Waals surface area contributed by atoms with E-state index in [9.17, 15) is 19.1 Å². The van der Waals surface area contributed by atoms with Crippen LogP contribution in [0.2, 0.25) is 0 Å². The fourth-order valence-electron chi connectivity index (χ4n) is 2.67. The zero-order chi connectivity index (χ0) is 17.0. The summed E-state index contributed by atoms with van der Waals surface area (Å²) in [6, 6.07) is 4.81. The molecule has 0 bridgehead atoms. The Kier molecular flexibility index (Phi) is 5.33. The second kappa shape index (κ2) is 7.06. The first-order valence-electron chi connectivity index (χ1n) is 7.56. The molecule has 4 N–H and O–H groups in total. The minimum Gasteiger partial charge on any atom is -0.379 e. The molecule has 0 radical (unpaired) electrons. The predicted octanol–water partition coefficient (Wildman–Crippen LogP) is 0.0625. The summed E-state index contributed by atoms with van der Waals surface area (Å²) >= 11 is 0. The third-order valence-electron chi connectivity index (χ3n) is 4.10. The quantitative estimate of drug-likeness (QED) is 0.714. The SMILES string of the molecule is Cc1ccc(CNC(=O)CN2CCC[C@@](O)(C(N)=O)C2)cc1F. The van der Waals surface area contributed by atoms with Crippen molar-refractivity contribution in [2.75, 3.05) is 19.6 Å². The zero-order valence-electron chi connectivity index (χ0n) is 13.1. The van der Waals surface area contributed by atoms with Gasteiger partial charge >= 0.3 is 0 Å². The number of hydrogen-bond donors (Lipinski definition) is 3. The van der Waals surface area contributed by atoms with Crippen LogP contribution in [0, 0.1) is 12.7 Å². The summed E-state index contributed by atoms with van der Waals surface area (Å²) in [5.41, 5.74) is 4.86. The molecule has 0 aliphatic carbocycles. The number of rotatable bonds is 5. The van der Waals surface area contributed by atoms with E-state index < -0.39 is 11.5 Å². The average Bonchev–Trinajstić information content (AvgIpc) is 2.48. The first-order valence-corrected chi connectivity index (χ1v) is 7.56. The molecule has 0 saturated carbocycles. The van der Waals surface area contributed by atoms with Crippen molar-refractivity contribution in [2.45, 2.75) is 31.9 Å². The van der Waals surface area contributed by atoms with E-state index in [0.717, 1.165) is 0 Å². The second-order valence-electron chi connectivity index (χ2n) is 6.07. The van der Waals surface area contributed by atoms with Gasteiger partial charge in [-0.1, -0.05) is 12.1 Å². The minimum atomic E-state index is -1.57. The molecule has 1 aliphatic rings. The second-order valence-corrected chi connectivity index (χ2v) is 6.07. The number of aliphatic hydroxyl groups is 1. The van der Waals surface area contributed by atoms with Gasteiger partial charge in [0.15, 0.2) is 5.60 Å². The molecule has 2 amide bonds. The molecule has 6 nitrogen and oxygen atoms in total. The lowest BCUT2D eigenvalue weighted by Crippen LogP contribution is -2.57. The van der Waals surface area contributed by atoms with Crippen LogP contribution in [0.5, 0.6) is 0 Å². The van der Waals surface area contributed by atoms with Crippen molar-refractivity contribution in [3.8, 4) is 0 Å². The largest absolute Gasteiger partial charge is 0.379 e. The number of nitrogens with one attached hydrogen (secondary N) is 1. The fourth-order valence-corrected chi connectivity index (χ4v) is 2.67. The van der Waals surface area contributed by atoms with Crippen LogP contribution in [0.1, 0.15) is 24.0 Å². The van der Waals surface area contributed by atoms with Crippen molar-refractivity contribution < 1.29 is 19.1 Å². The summed E-state index contributed by atoms with van der Waals surface area (Å²) in [5, 5.41) is 12.8. The van der Waals surface area contributed by atoms with Crippen LogP contribution in [0.4, 0.5) is 4.39 Å². The fraction of sp³-hybridized carbons (Fsp3) is 0.500. The molecule has 23 heavy (non-hydrogen) atoms. The Labute approximate surface area is 134 Å². The van der Waals surface area contributed by atoms with Crippen molar-refractivity contribution in [1.29, 1.82) is 0 Å². The van der Waals surface area contributed by atoms with Gasteiger partial charge in [-0.3, -0.25) is 14.5 Å². The van der Waals surface area contributed by atoms with Gasteiger partial charge in [0.1, 0.15) is 5.82 Å². The van der Waals surface area contributed by atoms with E-state index in [2.05, 4.69) is 5.32 Å². The molecule has 2 rings (SSSR count). The van der Waals surface area contributed by atoms with Crippen LogP contribution in [-0.4, -0.2) is 47.1 Å². The van der Waals surface area contributed by atoms with Gasteiger partial charge in [-0.2, -0.15) is 0 Å². The van der Waals surface area contributed by atoms with Gasteiger partial charge in [0.05, 0.1) is 6.54 Å². The lowest BCUT2D eigenvalue weighted by molar-refractivity contribution is -0.143. The lowest BCUT2D eigenvalue weighted by Gasteiger charge is -2.36. The van der Waals surface area contributed by atoms with Crippen LogP contribution in [0.25, 0.3) is 0 Å². The van der Waals surface area contributed by atoms with E-state index >= 15 is 0 Å². The summed E-state index contributed by atoms with van der Waals surface area (Å²) in [6.45, 7) is 2.62. The van der Waals surface area contributed by atoms with Crippen molar-refractivity contribution in [3.63, 3.8) is 0 Å². The van der Waals surface area contributed by atoms with Gasteiger partial charge in [-0.15, -0.1) is 0 Å². The Hall–Kier alpha value is -1.99. The molecule has 1 saturated heterocycles. The van der Waals surface area contributed by atoms with E-state index in [1.54, 1.807) is 24.0 Å². The number of piperidine rings is 1. The molecule has 0 unspecified atom stereocenters. The number of carbonyl (C=O) groups excluding carboxylic acids is 2. The molecule has 7 heteroatoms. The number of amides is 2. The third-order valence-corrected chi connectivity index (χ3v) is 4.10. The first kappa shape index (κ1) is 17.4. The van der Waals surface area contributed by atoms with E-state index in [0.29, 0.717) is 30.5 Å². The van der Waals surface area contributed by atoms with E-state index in [-0.39, 0.29) is 31.4 Å². The van der Waals surface area contributed by atoms with Crippen molar-refractivity contribution in [2.24, 2.45) is 5.73 Å². The van der Waals surface area contributed by atoms with Gasteiger partial charge in [0, 0.05) is 13.1 Å². The van der Waals surface area contributed by atoms with Gasteiger partial charge in [0.2, 0.25) is 5.91 Å². The summed E-state index contributed by atoms with van der Waals surface area (Å²) in [5.74, 6) is -1.32. The smallest absolute Gasteiger partial charge is 0.250 e. The predicted molar refractivity (Wildman–Crippen MR) is 82.8 cm³/mol. The number of primary amides is 1.